The van der Waals surface area contributed by atoms with Crippen LogP contribution in [0.1, 0.15) is 22.4 Å². The van der Waals surface area contributed by atoms with Crippen LogP contribution < -0.4 is 9.64 Å². The fourth-order valence-electron chi connectivity index (χ4n) is 3.19. The van der Waals surface area contributed by atoms with Crippen molar-refractivity contribution in [3.63, 3.8) is 0 Å². The van der Waals surface area contributed by atoms with E-state index < -0.39 is 0 Å². The molecule has 1 amide bonds. The molecule has 1 fully saturated rings. The maximum Gasteiger partial charge on any atom is 0.273 e. The molecule has 0 saturated carbocycles. The fraction of sp³-hybridized carbons (Fsp3) is 0.474. The van der Waals surface area contributed by atoms with Crippen molar-refractivity contribution in [3.8, 4) is 5.75 Å². The molecule has 0 N–H and O–H groups in total. The van der Waals surface area contributed by atoms with Gasteiger partial charge in [0.15, 0.2) is 0 Å². The van der Waals surface area contributed by atoms with E-state index in [2.05, 4.69) is 33.8 Å². The van der Waals surface area contributed by atoms with E-state index in [9.17, 15) is 4.79 Å². The van der Waals surface area contributed by atoms with Crippen LogP contribution >= 0.6 is 11.3 Å². The van der Waals surface area contributed by atoms with Gasteiger partial charge in [-0.1, -0.05) is 0 Å². The second kappa shape index (κ2) is 8.05. The van der Waals surface area contributed by atoms with E-state index in [1.165, 1.54) is 0 Å². The predicted molar refractivity (Wildman–Crippen MR) is 105 cm³/mol. The van der Waals surface area contributed by atoms with E-state index >= 15 is 0 Å². The van der Waals surface area contributed by atoms with Crippen molar-refractivity contribution in [2.24, 2.45) is 0 Å². The first-order chi connectivity index (χ1) is 12.5. The molecule has 1 aliphatic rings. The highest BCUT2D eigenvalue weighted by Crippen LogP contribution is 2.23. The minimum absolute atomic E-state index is 0.0353. The number of methoxy groups -OCH3 is 1. The summed E-state index contributed by atoms with van der Waals surface area (Å²) in [4.78, 5) is 23.7. The smallest absolute Gasteiger partial charge is 0.273 e. The van der Waals surface area contributed by atoms with Crippen LogP contribution in [0.4, 0.5) is 5.69 Å². The number of hydrogen-bond donors (Lipinski definition) is 0. The molecule has 1 atom stereocenters. The minimum Gasteiger partial charge on any atom is -0.497 e. The van der Waals surface area contributed by atoms with Crippen molar-refractivity contribution in [3.05, 3.63) is 40.3 Å². The number of thiazole rings is 1. The van der Waals surface area contributed by atoms with Gasteiger partial charge in [0, 0.05) is 43.3 Å². The van der Waals surface area contributed by atoms with E-state index in [1.54, 1.807) is 18.4 Å². The van der Waals surface area contributed by atoms with Crippen LogP contribution in [0.25, 0.3) is 0 Å². The van der Waals surface area contributed by atoms with Gasteiger partial charge in [-0.2, -0.15) is 0 Å². The number of hydrogen-bond acceptors (Lipinski definition) is 6. The van der Waals surface area contributed by atoms with Gasteiger partial charge in [-0.15, -0.1) is 11.3 Å². The van der Waals surface area contributed by atoms with E-state index in [4.69, 9.17) is 4.74 Å². The second-order valence-corrected chi connectivity index (χ2v) is 7.80. The lowest BCUT2D eigenvalue weighted by molar-refractivity contribution is 0.0668. The van der Waals surface area contributed by atoms with Crippen molar-refractivity contribution in [2.45, 2.75) is 19.5 Å². The molecule has 0 aliphatic carbocycles. The summed E-state index contributed by atoms with van der Waals surface area (Å²) >= 11 is 1.55. The largest absolute Gasteiger partial charge is 0.497 e. The zero-order chi connectivity index (χ0) is 18.7. The lowest BCUT2D eigenvalue weighted by Crippen LogP contribution is -2.54. The monoisotopic (exact) mass is 374 g/mol. The number of amides is 1. The summed E-state index contributed by atoms with van der Waals surface area (Å²) in [6.45, 7) is 5.19. The number of rotatable bonds is 5. The molecule has 7 heteroatoms. The molecular weight excluding hydrogens is 348 g/mol. The lowest BCUT2D eigenvalue weighted by Gasteiger charge is -2.40. The lowest BCUT2D eigenvalue weighted by atomic mass is 10.1. The average molecular weight is 375 g/mol. The standard InChI is InChI=1S/C19H26N4O2S/c1-14-11-22(15-5-7-16(25-4)8-6-15)9-10-23(14)19(24)17-13-26-18(20-17)12-21(2)3/h5-8,13-14H,9-12H2,1-4H3/t14-/m1/s1. The van der Waals surface area contributed by atoms with Crippen LogP contribution in [0.5, 0.6) is 5.75 Å². The maximum absolute atomic E-state index is 12.9. The summed E-state index contributed by atoms with van der Waals surface area (Å²) in [5, 5.41) is 2.85. The molecule has 26 heavy (non-hydrogen) atoms. The fourth-order valence-corrected chi connectivity index (χ4v) is 4.07. The Kier molecular flexibility index (Phi) is 5.78. The highest BCUT2D eigenvalue weighted by Gasteiger charge is 2.29. The number of carbonyl (C=O) groups is 1. The summed E-state index contributed by atoms with van der Waals surface area (Å²) in [7, 11) is 5.68. The Morgan fingerprint density at radius 2 is 2.04 bits per heavy atom. The van der Waals surface area contributed by atoms with Gasteiger partial charge in [0.25, 0.3) is 5.91 Å². The van der Waals surface area contributed by atoms with Crippen molar-refractivity contribution in [1.29, 1.82) is 0 Å². The number of anilines is 1. The molecule has 3 rings (SSSR count). The van der Waals surface area contributed by atoms with Gasteiger partial charge < -0.3 is 19.4 Å². The number of nitrogens with zero attached hydrogens (tertiary/aromatic N) is 4. The molecular formula is C19H26N4O2S. The molecule has 1 aromatic heterocycles. The van der Waals surface area contributed by atoms with Crippen molar-refractivity contribution < 1.29 is 9.53 Å². The summed E-state index contributed by atoms with van der Waals surface area (Å²) in [5.74, 6) is 0.890. The van der Waals surface area contributed by atoms with Gasteiger partial charge in [-0.25, -0.2) is 4.98 Å². The van der Waals surface area contributed by atoms with Crippen molar-refractivity contribution >= 4 is 22.9 Å². The van der Waals surface area contributed by atoms with E-state index in [-0.39, 0.29) is 11.9 Å². The SMILES string of the molecule is COc1ccc(N2CCN(C(=O)c3csc(CN(C)C)n3)[C@H](C)C2)cc1. The quantitative estimate of drug-likeness (QED) is 0.805. The summed E-state index contributed by atoms with van der Waals surface area (Å²) in [5.41, 5.74) is 1.73. The Balaban J connectivity index is 1.64. The van der Waals surface area contributed by atoms with Crippen LogP contribution in [-0.4, -0.2) is 67.6 Å². The Labute approximate surface area is 159 Å². The van der Waals surface area contributed by atoms with Gasteiger partial charge in [-0.05, 0) is 45.3 Å². The number of benzene rings is 1. The predicted octanol–water partition coefficient (Wildman–Crippen LogP) is 2.56. The molecule has 0 spiro atoms. The Morgan fingerprint density at radius 1 is 1.31 bits per heavy atom. The minimum atomic E-state index is 0.0353. The molecule has 2 aromatic rings. The summed E-state index contributed by atoms with van der Waals surface area (Å²) < 4.78 is 5.22. The molecule has 1 aromatic carbocycles. The zero-order valence-electron chi connectivity index (χ0n) is 15.8. The third kappa shape index (κ3) is 4.16. The van der Waals surface area contributed by atoms with Crippen LogP contribution in [0.2, 0.25) is 0 Å². The maximum atomic E-state index is 12.9. The van der Waals surface area contributed by atoms with E-state index in [0.29, 0.717) is 12.2 Å². The second-order valence-electron chi connectivity index (χ2n) is 6.86. The number of ether oxygens (including phenoxy) is 1. The molecule has 2 heterocycles. The van der Waals surface area contributed by atoms with Gasteiger partial charge in [0.2, 0.25) is 0 Å². The van der Waals surface area contributed by atoms with Crippen molar-refractivity contribution in [1.82, 2.24) is 14.8 Å². The first kappa shape index (κ1) is 18.7. The first-order valence-electron chi connectivity index (χ1n) is 8.77. The van der Waals surface area contributed by atoms with Crippen molar-refractivity contribution in [2.75, 3.05) is 45.7 Å². The zero-order valence-corrected chi connectivity index (χ0v) is 16.6. The molecule has 0 unspecified atom stereocenters. The highest BCUT2D eigenvalue weighted by molar-refractivity contribution is 7.09. The van der Waals surface area contributed by atoms with Crippen LogP contribution in [0, 0.1) is 0 Å². The normalized spacial score (nSPS) is 17.7. The van der Waals surface area contributed by atoms with E-state index in [0.717, 1.165) is 36.1 Å². The van der Waals surface area contributed by atoms with E-state index in [1.807, 2.05) is 36.5 Å². The topological polar surface area (TPSA) is 48.9 Å². The molecule has 6 nitrogen and oxygen atoms in total. The Hall–Kier alpha value is -2.12. The average Bonchev–Trinajstić information content (AvgIpc) is 3.09. The number of carbonyl (C=O) groups excluding carboxylic acids is 1. The molecule has 0 bridgehead atoms. The van der Waals surface area contributed by atoms with Crippen LogP contribution in [0.15, 0.2) is 29.6 Å². The van der Waals surface area contributed by atoms with Gasteiger partial charge >= 0.3 is 0 Å². The number of piperazine rings is 1. The molecule has 1 saturated heterocycles. The molecule has 1 aliphatic heterocycles. The summed E-state index contributed by atoms with van der Waals surface area (Å²) in [6.07, 6.45) is 0. The summed E-state index contributed by atoms with van der Waals surface area (Å²) in [6, 6.07) is 8.21. The molecule has 0 radical (unpaired) electrons. The van der Waals surface area contributed by atoms with Gasteiger partial charge in [-0.3, -0.25) is 4.79 Å². The number of aromatic nitrogens is 1. The third-order valence-corrected chi connectivity index (χ3v) is 5.38. The van der Waals surface area contributed by atoms with Crippen LogP contribution in [-0.2, 0) is 6.54 Å². The third-order valence-electron chi connectivity index (χ3n) is 4.55. The molecule has 140 valence electrons. The van der Waals surface area contributed by atoms with Gasteiger partial charge in [0.05, 0.1) is 7.11 Å². The first-order valence-corrected chi connectivity index (χ1v) is 9.65. The Bertz CT molecular complexity index is 744. The van der Waals surface area contributed by atoms with Gasteiger partial charge in [0.1, 0.15) is 16.5 Å². The van der Waals surface area contributed by atoms with Crippen LogP contribution in [0.3, 0.4) is 0 Å². The highest BCUT2D eigenvalue weighted by atomic mass is 32.1. The Morgan fingerprint density at radius 3 is 2.65 bits per heavy atom.